The van der Waals surface area contributed by atoms with Crippen molar-refractivity contribution in [3.05, 3.63) is 29.8 Å². The number of piperidine rings is 1. The molecule has 0 saturated carbocycles. The Bertz CT molecular complexity index is 1370. The molecule has 5 rings (SSSR count). The van der Waals surface area contributed by atoms with Crippen LogP contribution >= 0.6 is 0 Å². The molecule has 0 aliphatic carbocycles. The van der Waals surface area contributed by atoms with Crippen LogP contribution in [0.1, 0.15) is 45.1 Å². The Morgan fingerprint density at radius 2 is 1.67 bits per heavy atom. The van der Waals surface area contributed by atoms with Crippen LogP contribution in [0, 0.1) is 0 Å². The Labute approximate surface area is 263 Å². The number of likely N-dealkylation sites (tertiary alicyclic amines) is 1. The van der Waals surface area contributed by atoms with E-state index in [1.54, 1.807) is 12.1 Å². The average molecular weight is 652 g/mol. The van der Waals surface area contributed by atoms with Crippen molar-refractivity contribution in [2.45, 2.75) is 105 Å². The lowest BCUT2D eigenvalue weighted by Gasteiger charge is -2.45. The Hall–Kier alpha value is -2.66. The molecule has 14 nitrogen and oxygen atoms in total. The van der Waals surface area contributed by atoms with Crippen molar-refractivity contribution in [1.82, 2.24) is 25.8 Å². The fourth-order valence-corrected chi connectivity index (χ4v) is 7.52. The van der Waals surface area contributed by atoms with Gasteiger partial charge in [0.25, 0.3) is 5.91 Å². The number of aliphatic hydroxyl groups excluding tert-OH is 3. The number of carbonyl (C=O) groups is 3. The zero-order valence-corrected chi connectivity index (χ0v) is 26.7. The summed E-state index contributed by atoms with van der Waals surface area (Å²) in [5.41, 5.74) is -0.172. The number of sulfone groups is 1. The van der Waals surface area contributed by atoms with E-state index in [4.69, 9.17) is 4.74 Å². The van der Waals surface area contributed by atoms with Gasteiger partial charge in [-0.15, -0.1) is 0 Å². The number of hydrogen-bond donors (Lipinski definition) is 6. The van der Waals surface area contributed by atoms with Crippen molar-refractivity contribution in [3.8, 4) is 0 Å². The van der Waals surface area contributed by atoms with Gasteiger partial charge < -0.3 is 45.8 Å². The Morgan fingerprint density at radius 1 is 1.00 bits per heavy atom. The van der Waals surface area contributed by atoms with Crippen molar-refractivity contribution in [2.24, 2.45) is 0 Å². The number of aliphatic hydroxyl groups is 3. The zero-order valence-electron chi connectivity index (χ0n) is 25.9. The summed E-state index contributed by atoms with van der Waals surface area (Å²) in [7, 11) is -3.34. The molecule has 4 aliphatic rings. The molecule has 0 unspecified atom stereocenters. The van der Waals surface area contributed by atoms with Crippen LogP contribution in [0.4, 0.5) is 0 Å². The van der Waals surface area contributed by atoms with Crippen LogP contribution in [-0.2, 0) is 35.5 Å². The van der Waals surface area contributed by atoms with Crippen LogP contribution in [0.25, 0.3) is 0 Å². The molecule has 6 N–H and O–H groups in total. The summed E-state index contributed by atoms with van der Waals surface area (Å²) < 4.78 is 29.5. The summed E-state index contributed by atoms with van der Waals surface area (Å²) in [5, 5.41) is 41.0. The molecule has 2 bridgehead atoms. The third-order valence-corrected chi connectivity index (χ3v) is 10.8. The largest absolute Gasteiger partial charge is 0.388 e. The van der Waals surface area contributed by atoms with Gasteiger partial charge in [-0.05, 0) is 50.8 Å². The van der Waals surface area contributed by atoms with E-state index in [9.17, 15) is 38.1 Å². The van der Waals surface area contributed by atoms with Gasteiger partial charge in [0.1, 0.15) is 30.5 Å². The lowest BCUT2D eigenvalue weighted by Crippen LogP contribution is -2.66. The minimum absolute atomic E-state index is 0.0639. The van der Waals surface area contributed by atoms with Crippen LogP contribution in [0.5, 0.6) is 0 Å². The second kappa shape index (κ2) is 13.2. The normalized spacial score (nSPS) is 33.2. The zero-order chi connectivity index (χ0) is 32.7. The van der Waals surface area contributed by atoms with E-state index >= 15 is 0 Å². The van der Waals surface area contributed by atoms with Crippen molar-refractivity contribution in [3.63, 3.8) is 0 Å². The molecule has 4 heterocycles. The molecule has 4 fully saturated rings. The molecule has 3 amide bonds. The van der Waals surface area contributed by atoms with Gasteiger partial charge in [-0.3, -0.25) is 14.4 Å². The quantitative estimate of drug-likeness (QED) is 0.204. The van der Waals surface area contributed by atoms with E-state index in [2.05, 4.69) is 34.7 Å². The fourth-order valence-electron chi connectivity index (χ4n) is 6.89. The van der Waals surface area contributed by atoms with E-state index in [1.165, 1.54) is 17.0 Å². The summed E-state index contributed by atoms with van der Waals surface area (Å²) >= 11 is 0. The summed E-state index contributed by atoms with van der Waals surface area (Å²) in [6.45, 7) is 5.75. The standard InChI is InChI=1S/C30H45N5O9S/c1-17(2)34-12-9-30(10-13-34)14-22(36)35-11-8-20(31-15-18-4-6-19(7-5-18)45(3,42)43)23(35)28(40)32-16-21-24(37)25(38)26(39)27(44-21)29(41)33-30/h4-7,17,20-21,23-27,31,37-39H,8-16H2,1-3H3,(H,32,40)(H,33,41)/t20-,21+,23+,24+,25-,26-,27+/m1/s1. The van der Waals surface area contributed by atoms with Crippen LogP contribution in [0.15, 0.2) is 29.2 Å². The molecule has 0 radical (unpaired) electrons. The minimum Gasteiger partial charge on any atom is -0.388 e. The summed E-state index contributed by atoms with van der Waals surface area (Å²) in [6, 6.07) is 5.34. The van der Waals surface area contributed by atoms with Gasteiger partial charge >= 0.3 is 0 Å². The first-order valence-electron chi connectivity index (χ1n) is 15.5. The number of nitrogens with one attached hydrogen (secondary N) is 3. The third-order valence-electron chi connectivity index (χ3n) is 9.72. The lowest BCUT2D eigenvalue weighted by atomic mass is 9.82. The highest BCUT2D eigenvalue weighted by Crippen LogP contribution is 2.32. The Balaban J connectivity index is 1.41. The maximum absolute atomic E-state index is 14.0. The fraction of sp³-hybridized carbons (Fsp3) is 0.700. The number of rotatable bonds is 5. The number of amides is 3. The minimum atomic E-state index is -3.34. The van der Waals surface area contributed by atoms with Gasteiger partial charge in [-0.1, -0.05) is 12.1 Å². The maximum atomic E-state index is 14.0. The van der Waals surface area contributed by atoms with E-state index in [0.717, 1.165) is 11.8 Å². The number of hydrogen-bond acceptors (Lipinski definition) is 11. The van der Waals surface area contributed by atoms with E-state index in [1.807, 2.05) is 0 Å². The first-order valence-corrected chi connectivity index (χ1v) is 17.4. The summed E-state index contributed by atoms with van der Waals surface area (Å²) in [4.78, 5) is 45.3. The van der Waals surface area contributed by atoms with Crippen LogP contribution in [0.3, 0.4) is 0 Å². The van der Waals surface area contributed by atoms with E-state index in [0.29, 0.717) is 45.4 Å². The first kappa shape index (κ1) is 33.7. The van der Waals surface area contributed by atoms with Crippen molar-refractivity contribution < 1.29 is 42.9 Å². The SMILES string of the molecule is CC(C)N1CCC2(CC1)CC(=O)N1CC[C@@H](NCc3ccc(S(C)(=O)=O)cc3)[C@H]1C(=O)NC[C@@H]1O[C@H](C(=O)N2)[C@H](O)[C@H](O)[C@H]1O. The van der Waals surface area contributed by atoms with Gasteiger partial charge in [0.05, 0.1) is 16.9 Å². The number of benzene rings is 1. The number of carbonyl (C=O) groups excluding carboxylic acids is 3. The van der Waals surface area contributed by atoms with Crippen LogP contribution in [-0.4, -0.2) is 138 Å². The molecule has 4 saturated heterocycles. The molecule has 1 spiro atoms. The molecule has 250 valence electrons. The molecule has 15 heteroatoms. The third kappa shape index (κ3) is 7.19. The van der Waals surface area contributed by atoms with Crippen molar-refractivity contribution in [2.75, 3.05) is 32.4 Å². The monoisotopic (exact) mass is 651 g/mol. The van der Waals surface area contributed by atoms with Crippen LogP contribution < -0.4 is 16.0 Å². The second-order valence-electron chi connectivity index (χ2n) is 13.1. The molecule has 7 atom stereocenters. The topological polar surface area (TPSA) is 198 Å². The number of nitrogens with zero attached hydrogens (tertiary/aromatic N) is 2. The van der Waals surface area contributed by atoms with Crippen LogP contribution in [0.2, 0.25) is 0 Å². The highest BCUT2D eigenvalue weighted by Gasteiger charge is 2.51. The molecule has 4 aliphatic heterocycles. The van der Waals surface area contributed by atoms with E-state index < -0.39 is 69.8 Å². The maximum Gasteiger partial charge on any atom is 0.252 e. The molecule has 1 aromatic carbocycles. The van der Waals surface area contributed by atoms with Crippen molar-refractivity contribution >= 4 is 27.6 Å². The molecule has 45 heavy (non-hydrogen) atoms. The Kier molecular flexibility index (Phi) is 9.90. The molecular formula is C30H45N5O9S. The van der Waals surface area contributed by atoms with Crippen molar-refractivity contribution in [1.29, 1.82) is 0 Å². The molecular weight excluding hydrogens is 606 g/mol. The highest BCUT2D eigenvalue weighted by molar-refractivity contribution is 7.90. The predicted octanol–water partition coefficient (Wildman–Crippen LogP) is -2.12. The smallest absolute Gasteiger partial charge is 0.252 e. The first-order chi connectivity index (χ1) is 21.2. The van der Waals surface area contributed by atoms with Gasteiger partial charge in [0.15, 0.2) is 15.9 Å². The van der Waals surface area contributed by atoms with Gasteiger partial charge in [0.2, 0.25) is 11.8 Å². The van der Waals surface area contributed by atoms with Gasteiger partial charge in [-0.25, -0.2) is 8.42 Å². The Morgan fingerprint density at radius 3 is 2.29 bits per heavy atom. The highest BCUT2D eigenvalue weighted by atomic mass is 32.2. The van der Waals surface area contributed by atoms with E-state index in [-0.39, 0.29) is 29.8 Å². The lowest BCUT2D eigenvalue weighted by molar-refractivity contribution is -0.220. The summed E-state index contributed by atoms with van der Waals surface area (Å²) in [6.07, 6.45) is -5.20. The second-order valence-corrected chi connectivity index (χ2v) is 15.1. The van der Waals surface area contributed by atoms with Gasteiger partial charge in [0, 0.05) is 51.1 Å². The van der Waals surface area contributed by atoms with Gasteiger partial charge in [-0.2, -0.15) is 0 Å². The average Bonchev–Trinajstić information content (AvgIpc) is 3.42. The number of fused-ring (bicyclic) bond motifs is 3. The predicted molar refractivity (Wildman–Crippen MR) is 161 cm³/mol. The number of ether oxygens (including phenoxy) is 1. The molecule has 0 aromatic heterocycles. The summed E-state index contributed by atoms with van der Waals surface area (Å²) in [5.74, 6) is -1.46. The molecule has 1 aromatic rings.